The minimum absolute atomic E-state index is 0.537. The van der Waals surface area contributed by atoms with Gasteiger partial charge in [0.25, 0.3) is 0 Å². The fourth-order valence-electron chi connectivity index (χ4n) is 2.26. The summed E-state index contributed by atoms with van der Waals surface area (Å²) in [4.78, 5) is 4.35. The van der Waals surface area contributed by atoms with Crippen LogP contribution in [0.3, 0.4) is 0 Å². The Morgan fingerprint density at radius 1 is 1.59 bits per heavy atom. The van der Waals surface area contributed by atoms with Gasteiger partial charge < -0.3 is 11.1 Å². The van der Waals surface area contributed by atoms with Gasteiger partial charge in [-0.3, -0.25) is 9.67 Å². The van der Waals surface area contributed by atoms with Crippen molar-refractivity contribution in [1.29, 1.82) is 0 Å². The van der Waals surface area contributed by atoms with Gasteiger partial charge in [-0.05, 0) is 18.9 Å². The van der Waals surface area contributed by atoms with Crippen LogP contribution in [-0.2, 0) is 13.5 Å². The molecular weight excluding hydrogens is 214 g/mol. The molecule has 1 aliphatic carbocycles. The smallest absolute Gasteiger partial charge is 0.188 e. The number of aromatic nitrogens is 2. The van der Waals surface area contributed by atoms with Gasteiger partial charge in [-0.15, -0.1) is 0 Å². The minimum Gasteiger partial charge on any atom is -0.370 e. The van der Waals surface area contributed by atoms with Gasteiger partial charge in [0, 0.05) is 37.9 Å². The fraction of sp³-hybridized carbons (Fsp3) is 0.667. The van der Waals surface area contributed by atoms with Crippen molar-refractivity contribution < 1.29 is 0 Å². The van der Waals surface area contributed by atoms with Crippen molar-refractivity contribution in [1.82, 2.24) is 15.1 Å². The predicted octanol–water partition coefficient (Wildman–Crippen LogP) is 0.809. The van der Waals surface area contributed by atoms with Crippen LogP contribution in [0.15, 0.2) is 17.3 Å². The van der Waals surface area contributed by atoms with E-state index in [2.05, 4.69) is 15.4 Å². The summed E-state index contributed by atoms with van der Waals surface area (Å²) >= 11 is 0. The second-order valence-corrected chi connectivity index (χ2v) is 4.59. The molecule has 94 valence electrons. The lowest BCUT2D eigenvalue weighted by atomic mass is 10.2. The molecule has 2 rings (SSSR count). The van der Waals surface area contributed by atoms with Crippen LogP contribution < -0.4 is 11.1 Å². The Labute approximate surface area is 102 Å². The van der Waals surface area contributed by atoms with Gasteiger partial charge in [0.15, 0.2) is 5.96 Å². The van der Waals surface area contributed by atoms with E-state index in [0.717, 1.165) is 6.42 Å². The van der Waals surface area contributed by atoms with Crippen molar-refractivity contribution in [3.8, 4) is 0 Å². The average molecular weight is 235 g/mol. The predicted molar refractivity (Wildman–Crippen MR) is 68.8 cm³/mol. The van der Waals surface area contributed by atoms with E-state index in [-0.39, 0.29) is 0 Å². The molecule has 0 aromatic carbocycles. The molecule has 1 saturated carbocycles. The first-order chi connectivity index (χ1) is 8.25. The van der Waals surface area contributed by atoms with Gasteiger partial charge >= 0.3 is 0 Å². The molecule has 0 atom stereocenters. The Balaban J connectivity index is 1.74. The molecule has 1 heterocycles. The molecule has 1 aromatic rings. The zero-order valence-corrected chi connectivity index (χ0v) is 10.4. The zero-order valence-electron chi connectivity index (χ0n) is 10.4. The molecule has 5 nitrogen and oxygen atoms in total. The molecule has 0 bridgehead atoms. The van der Waals surface area contributed by atoms with Crippen LogP contribution in [0, 0.1) is 0 Å². The molecule has 1 fully saturated rings. The van der Waals surface area contributed by atoms with E-state index < -0.39 is 0 Å². The molecule has 0 spiro atoms. The van der Waals surface area contributed by atoms with Crippen molar-refractivity contribution in [3.05, 3.63) is 18.0 Å². The minimum atomic E-state index is 0.537. The van der Waals surface area contributed by atoms with Crippen molar-refractivity contribution in [2.45, 2.75) is 38.1 Å². The number of aliphatic imine (C=N–C) groups is 1. The van der Waals surface area contributed by atoms with E-state index in [9.17, 15) is 0 Å². The van der Waals surface area contributed by atoms with Crippen LogP contribution in [0.4, 0.5) is 0 Å². The summed E-state index contributed by atoms with van der Waals surface area (Å²) in [5.41, 5.74) is 7.03. The standard InChI is InChI=1S/C12H21N5/c1-17-11(7-9-15-17)6-8-14-12(13)16-10-4-2-3-5-10/h7,9-10H,2-6,8H2,1H3,(H3,13,14,16). The molecule has 17 heavy (non-hydrogen) atoms. The van der Waals surface area contributed by atoms with Crippen molar-refractivity contribution in [3.63, 3.8) is 0 Å². The van der Waals surface area contributed by atoms with E-state index >= 15 is 0 Å². The molecular formula is C12H21N5. The van der Waals surface area contributed by atoms with Gasteiger partial charge in [-0.25, -0.2) is 0 Å². The van der Waals surface area contributed by atoms with Crippen molar-refractivity contribution in [2.24, 2.45) is 17.8 Å². The quantitative estimate of drug-likeness (QED) is 0.599. The number of hydrogen-bond acceptors (Lipinski definition) is 2. The van der Waals surface area contributed by atoms with E-state index in [1.165, 1.54) is 31.4 Å². The Hall–Kier alpha value is -1.52. The molecule has 3 N–H and O–H groups in total. The zero-order chi connectivity index (χ0) is 12.1. The topological polar surface area (TPSA) is 68.2 Å². The van der Waals surface area contributed by atoms with Gasteiger partial charge in [-0.2, -0.15) is 5.10 Å². The SMILES string of the molecule is Cn1nccc1CCN=C(N)NC1CCCC1. The molecule has 1 aromatic heterocycles. The highest BCUT2D eigenvalue weighted by Crippen LogP contribution is 2.17. The van der Waals surface area contributed by atoms with Crippen LogP contribution in [0.5, 0.6) is 0 Å². The number of aryl methyl sites for hydroxylation is 1. The lowest BCUT2D eigenvalue weighted by Crippen LogP contribution is -2.38. The monoisotopic (exact) mass is 235 g/mol. The highest BCUT2D eigenvalue weighted by atomic mass is 15.3. The third-order valence-corrected chi connectivity index (χ3v) is 3.28. The van der Waals surface area contributed by atoms with Crippen LogP contribution >= 0.6 is 0 Å². The van der Waals surface area contributed by atoms with E-state index in [1.807, 2.05) is 17.8 Å². The van der Waals surface area contributed by atoms with E-state index in [4.69, 9.17) is 5.73 Å². The third-order valence-electron chi connectivity index (χ3n) is 3.28. The molecule has 0 amide bonds. The Bertz CT molecular complexity index is 376. The molecule has 0 saturated heterocycles. The maximum Gasteiger partial charge on any atom is 0.188 e. The number of guanidine groups is 1. The number of rotatable bonds is 4. The second-order valence-electron chi connectivity index (χ2n) is 4.59. The summed E-state index contributed by atoms with van der Waals surface area (Å²) in [6, 6.07) is 2.55. The third kappa shape index (κ3) is 3.47. The van der Waals surface area contributed by atoms with E-state index in [0.29, 0.717) is 18.5 Å². The van der Waals surface area contributed by atoms with E-state index in [1.54, 1.807) is 6.20 Å². The molecule has 0 unspecified atom stereocenters. The van der Waals surface area contributed by atoms with Gasteiger partial charge in [0.2, 0.25) is 0 Å². The lowest BCUT2D eigenvalue weighted by molar-refractivity contribution is 0.624. The second kappa shape index (κ2) is 5.70. The maximum atomic E-state index is 5.85. The maximum absolute atomic E-state index is 5.85. The first kappa shape index (κ1) is 12.0. The molecule has 0 radical (unpaired) electrons. The number of nitrogens with zero attached hydrogens (tertiary/aromatic N) is 3. The highest BCUT2D eigenvalue weighted by Gasteiger charge is 2.14. The van der Waals surface area contributed by atoms with Gasteiger partial charge in [0.05, 0.1) is 0 Å². The molecule has 5 heteroatoms. The van der Waals surface area contributed by atoms with Crippen LogP contribution in [-0.4, -0.2) is 28.3 Å². The highest BCUT2D eigenvalue weighted by molar-refractivity contribution is 5.78. The number of hydrogen-bond donors (Lipinski definition) is 2. The van der Waals surface area contributed by atoms with Crippen LogP contribution in [0.2, 0.25) is 0 Å². The molecule has 0 aliphatic heterocycles. The first-order valence-electron chi connectivity index (χ1n) is 6.29. The Morgan fingerprint density at radius 3 is 3.00 bits per heavy atom. The summed E-state index contributed by atoms with van der Waals surface area (Å²) in [5.74, 6) is 0.582. The Kier molecular flexibility index (Phi) is 4.01. The van der Waals surface area contributed by atoms with Crippen molar-refractivity contribution >= 4 is 5.96 Å². The van der Waals surface area contributed by atoms with Crippen LogP contribution in [0.1, 0.15) is 31.4 Å². The molecule has 1 aliphatic rings. The Morgan fingerprint density at radius 2 is 2.35 bits per heavy atom. The average Bonchev–Trinajstić information content (AvgIpc) is 2.91. The first-order valence-corrected chi connectivity index (χ1v) is 6.29. The summed E-state index contributed by atoms with van der Waals surface area (Å²) in [5, 5.41) is 7.40. The lowest BCUT2D eigenvalue weighted by Gasteiger charge is -2.12. The van der Waals surface area contributed by atoms with Crippen LogP contribution in [0.25, 0.3) is 0 Å². The van der Waals surface area contributed by atoms with Gasteiger partial charge in [-0.1, -0.05) is 12.8 Å². The summed E-state index contributed by atoms with van der Waals surface area (Å²) in [6.45, 7) is 0.713. The normalized spacial score (nSPS) is 17.6. The number of nitrogens with one attached hydrogen (secondary N) is 1. The largest absolute Gasteiger partial charge is 0.370 e. The summed E-state index contributed by atoms with van der Waals surface area (Å²) < 4.78 is 1.87. The van der Waals surface area contributed by atoms with Crippen molar-refractivity contribution in [2.75, 3.05) is 6.54 Å². The van der Waals surface area contributed by atoms with Gasteiger partial charge in [0.1, 0.15) is 0 Å². The summed E-state index contributed by atoms with van der Waals surface area (Å²) in [7, 11) is 1.94. The number of nitrogens with two attached hydrogens (primary N) is 1. The fourth-order valence-corrected chi connectivity index (χ4v) is 2.26. The summed E-state index contributed by atoms with van der Waals surface area (Å²) in [6.07, 6.45) is 7.73.